The van der Waals surface area contributed by atoms with Crippen LogP contribution in [-0.4, -0.2) is 11.4 Å². The molecule has 3 rings (SSSR count). The van der Waals surface area contributed by atoms with Gasteiger partial charge in [-0.1, -0.05) is 29.8 Å². The minimum absolute atomic E-state index is 0.117. The van der Waals surface area contributed by atoms with Crippen molar-refractivity contribution < 1.29 is 4.79 Å². The predicted octanol–water partition coefficient (Wildman–Crippen LogP) is 5.08. The van der Waals surface area contributed by atoms with Crippen LogP contribution in [0.3, 0.4) is 0 Å². The summed E-state index contributed by atoms with van der Waals surface area (Å²) >= 11 is 7.58. The molecule has 0 aliphatic carbocycles. The van der Waals surface area contributed by atoms with Crippen molar-refractivity contribution in [3.05, 3.63) is 56.9 Å². The van der Waals surface area contributed by atoms with Gasteiger partial charge in [0.15, 0.2) is 0 Å². The molecule has 0 saturated heterocycles. The first-order valence-electron chi connectivity index (χ1n) is 8.72. The maximum atomic E-state index is 12.4. The minimum Gasteiger partial charge on any atom is -0.313 e. The molecule has 2 aromatic rings. The summed E-state index contributed by atoms with van der Waals surface area (Å²) in [6.07, 6.45) is 3.86. The fourth-order valence-electron chi connectivity index (χ4n) is 3.66. The fourth-order valence-corrected chi connectivity index (χ4v) is 5.09. The lowest BCUT2D eigenvalue weighted by Crippen LogP contribution is -2.54. The molecule has 0 spiro atoms. The third kappa shape index (κ3) is 4.08. The molecule has 27 heavy (non-hydrogen) atoms. The van der Waals surface area contributed by atoms with Crippen molar-refractivity contribution in [1.82, 2.24) is 5.32 Å². The first-order valence-corrected chi connectivity index (χ1v) is 9.91. The van der Waals surface area contributed by atoms with E-state index >= 15 is 0 Å². The van der Waals surface area contributed by atoms with Crippen molar-refractivity contribution in [1.29, 1.82) is 5.26 Å². The van der Waals surface area contributed by atoms with Gasteiger partial charge in [-0.3, -0.25) is 4.79 Å². The number of hydrogen-bond acceptors (Lipinski definition) is 4. The number of fused-ring (bicyclic) bond motifs is 1. The SMILES string of the molecule is CC1(C)Cc2c(sc(NC(=O)/C=C/c3ccccc3Cl)c2C#N)C(C)(C)N1. The van der Waals surface area contributed by atoms with Gasteiger partial charge in [0.05, 0.1) is 5.56 Å². The summed E-state index contributed by atoms with van der Waals surface area (Å²) in [6.45, 7) is 8.46. The standard InChI is InChI=1S/C21H22ClN3OS/c1-20(2)11-14-15(12-23)19(27-18(14)21(3,4)25-20)24-17(26)10-9-13-7-5-6-8-16(13)22/h5-10,25H,11H2,1-4H3,(H,24,26)/b10-9+. The van der Waals surface area contributed by atoms with E-state index in [2.05, 4.69) is 44.4 Å². The molecule has 0 atom stereocenters. The number of hydrogen-bond donors (Lipinski definition) is 2. The van der Waals surface area contributed by atoms with Crippen LogP contribution in [0.4, 0.5) is 5.00 Å². The summed E-state index contributed by atoms with van der Waals surface area (Å²) in [5.41, 5.74) is 1.99. The number of halogens is 1. The van der Waals surface area contributed by atoms with E-state index in [1.165, 1.54) is 17.4 Å². The normalized spacial score (nSPS) is 17.3. The van der Waals surface area contributed by atoms with Gasteiger partial charge in [-0.15, -0.1) is 11.3 Å². The maximum absolute atomic E-state index is 12.4. The van der Waals surface area contributed by atoms with E-state index in [-0.39, 0.29) is 17.0 Å². The lowest BCUT2D eigenvalue weighted by molar-refractivity contribution is -0.111. The van der Waals surface area contributed by atoms with E-state index in [1.54, 1.807) is 12.1 Å². The summed E-state index contributed by atoms with van der Waals surface area (Å²) in [5, 5.41) is 17.4. The Morgan fingerprint density at radius 3 is 2.70 bits per heavy atom. The number of nitriles is 1. The highest BCUT2D eigenvalue weighted by Gasteiger charge is 2.40. The number of thiophene rings is 1. The van der Waals surface area contributed by atoms with Gasteiger partial charge in [0, 0.05) is 27.1 Å². The van der Waals surface area contributed by atoms with Crippen molar-refractivity contribution >= 4 is 39.9 Å². The van der Waals surface area contributed by atoms with Crippen LogP contribution in [0.15, 0.2) is 30.3 Å². The van der Waals surface area contributed by atoms with Gasteiger partial charge in [-0.25, -0.2) is 0 Å². The first-order chi connectivity index (χ1) is 12.6. The topological polar surface area (TPSA) is 64.9 Å². The van der Waals surface area contributed by atoms with Crippen LogP contribution in [0.2, 0.25) is 5.02 Å². The number of carbonyl (C=O) groups is 1. The van der Waals surface area contributed by atoms with Crippen LogP contribution in [0.1, 0.15) is 49.3 Å². The summed E-state index contributed by atoms with van der Waals surface area (Å²) in [7, 11) is 0. The molecule has 0 radical (unpaired) electrons. The Balaban J connectivity index is 1.88. The van der Waals surface area contributed by atoms with Gasteiger partial charge in [-0.2, -0.15) is 5.26 Å². The number of anilines is 1. The number of nitrogens with one attached hydrogen (secondary N) is 2. The Hall–Kier alpha value is -2.13. The van der Waals surface area contributed by atoms with Crippen LogP contribution in [0.25, 0.3) is 6.08 Å². The summed E-state index contributed by atoms with van der Waals surface area (Å²) in [6, 6.07) is 9.61. The second-order valence-electron chi connectivity index (χ2n) is 7.88. The van der Waals surface area contributed by atoms with Crippen molar-refractivity contribution in [2.75, 3.05) is 5.32 Å². The quantitative estimate of drug-likeness (QED) is 0.707. The number of nitrogens with zero attached hydrogens (tertiary/aromatic N) is 1. The molecule has 4 nitrogen and oxygen atoms in total. The van der Waals surface area contributed by atoms with Crippen LogP contribution in [0.5, 0.6) is 0 Å². The van der Waals surface area contributed by atoms with Gasteiger partial charge >= 0.3 is 0 Å². The number of carbonyl (C=O) groups excluding carboxylic acids is 1. The lowest BCUT2D eigenvalue weighted by atomic mass is 9.81. The molecular weight excluding hydrogens is 378 g/mol. The van der Waals surface area contributed by atoms with Crippen LogP contribution in [0, 0.1) is 11.3 Å². The molecule has 2 heterocycles. The third-order valence-corrected chi connectivity index (χ3v) is 6.33. The smallest absolute Gasteiger partial charge is 0.249 e. The minimum atomic E-state index is -0.282. The van der Waals surface area contributed by atoms with Gasteiger partial charge < -0.3 is 10.6 Å². The Morgan fingerprint density at radius 1 is 1.33 bits per heavy atom. The zero-order chi connectivity index (χ0) is 19.8. The summed E-state index contributed by atoms with van der Waals surface area (Å²) < 4.78 is 0. The number of amides is 1. The summed E-state index contributed by atoms with van der Waals surface area (Å²) in [5.74, 6) is -0.282. The monoisotopic (exact) mass is 399 g/mol. The Bertz CT molecular complexity index is 966. The zero-order valence-electron chi connectivity index (χ0n) is 15.8. The third-order valence-electron chi connectivity index (χ3n) is 4.51. The predicted molar refractivity (Wildman–Crippen MR) is 112 cm³/mol. The molecular formula is C21H22ClN3OS. The van der Waals surface area contributed by atoms with Crippen LogP contribution in [-0.2, 0) is 16.8 Å². The highest BCUT2D eigenvalue weighted by Crippen LogP contribution is 2.44. The molecule has 1 aromatic carbocycles. The van der Waals surface area contributed by atoms with Crippen LogP contribution >= 0.6 is 22.9 Å². The maximum Gasteiger partial charge on any atom is 0.249 e. The molecule has 140 valence electrons. The molecule has 6 heteroatoms. The second-order valence-corrected chi connectivity index (χ2v) is 9.31. The Labute approximate surface area is 168 Å². The highest BCUT2D eigenvalue weighted by molar-refractivity contribution is 7.17. The molecule has 0 fully saturated rings. The molecule has 0 saturated carbocycles. The Kier molecular flexibility index (Phi) is 5.18. The molecule has 1 aromatic heterocycles. The lowest BCUT2D eigenvalue weighted by Gasteiger charge is -2.42. The van der Waals surface area contributed by atoms with Crippen molar-refractivity contribution in [3.63, 3.8) is 0 Å². The molecule has 1 aliphatic rings. The average Bonchev–Trinajstić information content (AvgIpc) is 2.90. The molecule has 0 bridgehead atoms. The van der Waals surface area contributed by atoms with Gasteiger partial charge in [0.25, 0.3) is 0 Å². The van der Waals surface area contributed by atoms with Gasteiger partial charge in [0.2, 0.25) is 5.91 Å². The average molecular weight is 400 g/mol. The van der Waals surface area contributed by atoms with Crippen molar-refractivity contribution in [2.45, 2.75) is 45.2 Å². The van der Waals surface area contributed by atoms with E-state index in [9.17, 15) is 10.1 Å². The molecule has 1 aliphatic heterocycles. The van der Waals surface area contributed by atoms with Crippen molar-refractivity contribution in [3.8, 4) is 6.07 Å². The molecule has 0 unspecified atom stereocenters. The first kappa shape index (κ1) is 19.6. The molecule has 1 amide bonds. The van der Waals surface area contributed by atoms with Crippen LogP contribution < -0.4 is 10.6 Å². The number of benzene rings is 1. The van der Waals surface area contributed by atoms with E-state index in [4.69, 9.17) is 11.6 Å². The van der Waals surface area contributed by atoms with Crippen molar-refractivity contribution in [2.24, 2.45) is 0 Å². The molecule has 2 N–H and O–H groups in total. The van der Waals surface area contributed by atoms with E-state index in [0.717, 1.165) is 22.4 Å². The largest absolute Gasteiger partial charge is 0.313 e. The Morgan fingerprint density at radius 2 is 2.04 bits per heavy atom. The fraction of sp³-hybridized carbons (Fsp3) is 0.333. The second kappa shape index (κ2) is 7.12. The van der Waals surface area contributed by atoms with E-state index in [1.807, 2.05) is 18.2 Å². The van der Waals surface area contributed by atoms with Gasteiger partial charge in [-0.05, 0) is 57.4 Å². The number of rotatable bonds is 3. The van der Waals surface area contributed by atoms with Gasteiger partial charge in [0.1, 0.15) is 11.1 Å². The summed E-state index contributed by atoms with van der Waals surface area (Å²) in [4.78, 5) is 13.5. The van der Waals surface area contributed by atoms with E-state index in [0.29, 0.717) is 15.6 Å². The van der Waals surface area contributed by atoms with E-state index < -0.39 is 0 Å². The highest BCUT2D eigenvalue weighted by atomic mass is 35.5. The zero-order valence-corrected chi connectivity index (χ0v) is 17.4.